The molecule has 2 N–H and O–H groups in total. The molecule has 3 unspecified atom stereocenters. The van der Waals surface area contributed by atoms with E-state index in [9.17, 15) is 34.2 Å². The van der Waals surface area contributed by atoms with Gasteiger partial charge in [0.1, 0.15) is 19.3 Å². The second-order valence-electron chi connectivity index (χ2n) is 9.15. The normalized spacial score (nSPS) is 19.1. The summed E-state index contributed by atoms with van der Waals surface area (Å²) in [5.74, 6) is -3.21. The van der Waals surface area contributed by atoms with Crippen LogP contribution in [0.15, 0.2) is 54.6 Å². The molecule has 0 spiro atoms. The standard InChI is InChI=1S/C28H32N2O9/c1-4-19(31)16-38-23(33)21-13-9-10-14-22(21)24(34)39-17-20(32)15-30-26(36)28(5-2,18-11-7-6-8-12-18)25(35)29(3)27(30)37/h6-14,19-20,31-32H,4-5,15-17H2,1-3H3. The van der Waals surface area contributed by atoms with Gasteiger partial charge in [-0.15, -0.1) is 0 Å². The maximum Gasteiger partial charge on any atom is 0.339 e. The van der Waals surface area contributed by atoms with Crippen LogP contribution in [0.2, 0.25) is 0 Å². The minimum Gasteiger partial charge on any atom is -0.459 e. The molecule has 0 saturated carbocycles. The predicted molar refractivity (Wildman–Crippen MR) is 138 cm³/mol. The maximum atomic E-state index is 13.6. The third kappa shape index (κ3) is 5.99. The van der Waals surface area contributed by atoms with Gasteiger partial charge in [0, 0.05) is 7.05 Å². The van der Waals surface area contributed by atoms with Crippen LogP contribution in [-0.4, -0.2) is 88.8 Å². The summed E-state index contributed by atoms with van der Waals surface area (Å²) in [6, 6.07) is 13.2. The fraction of sp³-hybridized carbons (Fsp3) is 0.393. The molecule has 39 heavy (non-hydrogen) atoms. The Kier molecular flexibility index (Phi) is 9.55. The minimum absolute atomic E-state index is 0.0794. The molecule has 0 radical (unpaired) electrons. The number of aliphatic hydroxyl groups is 2. The van der Waals surface area contributed by atoms with Crippen LogP contribution in [0.5, 0.6) is 0 Å². The Bertz CT molecular complexity index is 1230. The molecule has 2 aromatic carbocycles. The van der Waals surface area contributed by atoms with Crippen LogP contribution in [-0.2, 0) is 24.5 Å². The third-order valence-electron chi connectivity index (χ3n) is 6.64. The van der Waals surface area contributed by atoms with E-state index >= 15 is 0 Å². The number of esters is 2. The number of ether oxygens (including phenoxy) is 2. The first kappa shape index (κ1) is 29.5. The molecule has 0 aromatic heterocycles. The summed E-state index contributed by atoms with van der Waals surface area (Å²) in [5.41, 5.74) is -1.43. The SMILES string of the molecule is CCC(O)COC(=O)c1ccccc1C(=O)OCC(O)CN1C(=O)N(C)C(=O)C(CC)(c2ccccc2)C1=O. The topological polar surface area (TPSA) is 151 Å². The van der Waals surface area contributed by atoms with Gasteiger partial charge in [0.05, 0.1) is 23.8 Å². The van der Waals surface area contributed by atoms with E-state index in [0.717, 1.165) is 9.80 Å². The number of barbiturate groups is 1. The number of rotatable bonds is 11. The molecule has 3 rings (SSSR count). The number of amides is 4. The molecule has 1 saturated heterocycles. The molecule has 1 fully saturated rings. The van der Waals surface area contributed by atoms with Crippen LogP contribution in [0.4, 0.5) is 4.79 Å². The van der Waals surface area contributed by atoms with Crippen LogP contribution < -0.4 is 0 Å². The molecule has 208 valence electrons. The third-order valence-corrected chi connectivity index (χ3v) is 6.64. The summed E-state index contributed by atoms with van der Waals surface area (Å²) in [5, 5.41) is 20.2. The summed E-state index contributed by atoms with van der Waals surface area (Å²) in [6.07, 6.45) is -1.86. The number of carbonyl (C=O) groups is 5. The Labute approximate surface area is 225 Å². The number of β-amino-alcohol motifs (C(OH)–C–C–N with tert-alkyl or cyclic N) is 1. The van der Waals surface area contributed by atoms with Crippen LogP contribution in [0, 0.1) is 0 Å². The first-order valence-corrected chi connectivity index (χ1v) is 12.6. The molecular weight excluding hydrogens is 508 g/mol. The van der Waals surface area contributed by atoms with Gasteiger partial charge in [0.2, 0.25) is 0 Å². The molecule has 2 aromatic rings. The van der Waals surface area contributed by atoms with Crippen molar-refractivity contribution in [3.8, 4) is 0 Å². The second kappa shape index (κ2) is 12.6. The van der Waals surface area contributed by atoms with E-state index in [1.54, 1.807) is 44.2 Å². The van der Waals surface area contributed by atoms with Crippen molar-refractivity contribution in [1.29, 1.82) is 0 Å². The van der Waals surface area contributed by atoms with Gasteiger partial charge in [-0.1, -0.05) is 56.3 Å². The van der Waals surface area contributed by atoms with Gasteiger partial charge >= 0.3 is 18.0 Å². The van der Waals surface area contributed by atoms with E-state index in [-0.39, 0.29) is 24.2 Å². The Morgan fingerprint density at radius 2 is 1.33 bits per heavy atom. The molecule has 0 bridgehead atoms. The molecule has 1 aliphatic rings. The lowest BCUT2D eigenvalue weighted by Crippen LogP contribution is -2.67. The van der Waals surface area contributed by atoms with Crippen molar-refractivity contribution < 1.29 is 43.7 Å². The monoisotopic (exact) mass is 540 g/mol. The van der Waals surface area contributed by atoms with Gasteiger partial charge in [-0.2, -0.15) is 0 Å². The average molecular weight is 541 g/mol. The van der Waals surface area contributed by atoms with Crippen LogP contribution in [0.25, 0.3) is 0 Å². The van der Waals surface area contributed by atoms with E-state index in [1.807, 2.05) is 0 Å². The quantitative estimate of drug-likeness (QED) is 0.322. The van der Waals surface area contributed by atoms with Crippen molar-refractivity contribution in [3.05, 3.63) is 71.3 Å². The van der Waals surface area contributed by atoms with Crippen molar-refractivity contribution in [3.63, 3.8) is 0 Å². The highest BCUT2D eigenvalue weighted by Gasteiger charge is 2.56. The minimum atomic E-state index is -1.65. The Balaban J connectivity index is 1.72. The molecule has 0 aliphatic carbocycles. The first-order valence-electron chi connectivity index (χ1n) is 12.6. The van der Waals surface area contributed by atoms with Crippen molar-refractivity contribution in [2.24, 2.45) is 0 Å². The number of carbonyl (C=O) groups excluding carboxylic acids is 5. The van der Waals surface area contributed by atoms with Gasteiger partial charge < -0.3 is 19.7 Å². The van der Waals surface area contributed by atoms with Crippen LogP contribution in [0.3, 0.4) is 0 Å². The van der Waals surface area contributed by atoms with Crippen molar-refractivity contribution in [1.82, 2.24) is 9.80 Å². The lowest BCUT2D eigenvalue weighted by Gasteiger charge is -2.43. The zero-order valence-corrected chi connectivity index (χ0v) is 22.0. The van der Waals surface area contributed by atoms with Gasteiger partial charge in [-0.05, 0) is 30.5 Å². The number of hydrogen-bond acceptors (Lipinski definition) is 9. The molecule has 1 heterocycles. The van der Waals surface area contributed by atoms with Crippen LogP contribution in [0.1, 0.15) is 53.0 Å². The lowest BCUT2D eigenvalue weighted by atomic mass is 9.74. The fourth-order valence-corrected chi connectivity index (χ4v) is 4.32. The lowest BCUT2D eigenvalue weighted by molar-refractivity contribution is -0.152. The zero-order chi connectivity index (χ0) is 28.7. The molecule has 4 amide bonds. The summed E-state index contributed by atoms with van der Waals surface area (Å²) in [7, 11) is 1.26. The van der Waals surface area contributed by atoms with Gasteiger partial charge in [0.15, 0.2) is 5.41 Å². The summed E-state index contributed by atoms with van der Waals surface area (Å²) in [6.45, 7) is 2.01. The molecule has 11 heteroatoms. The van der Waals surface area contributed by atoms with Crippen molar-refractivity contribution >= 4 is 29.8 Å². The summed E-state index contributed by atoms with van der Waals surface area (Å²) in [4.78, 5) is 66.3. The number of aliphatic hydroxyl groups excluding tert-OH is 2. The number of imide groups is 2. The van der Waals surface area contributed by atoms with Crippen molar-refractivity contribution in [2.75, 3.05) is 26.8 Å². The van der Waals surface area contributed by atoms with E-state index in [1.165, 1.54) is 31.3 Å². The average Bonchev–Trinajstić information content (AvgIpc) is 2.96. The number of urea groups is 1. The van der Waals surface area contributed by atoms with E-state index in [0.29, 0.717) is 12.0 Å². The number of likely N-dealkylation sites (N-methyl/N-ethyl adjacent to an activating group) is 1. The Hall–Kier alpha value is -4.09. The second-order valence-corrected chi connectivity index (χ2v) is 9.15. The largest absolute Gasteiger partial charge is 0.459 e. The highest BCUT2D eigenvalue weighted by atomic mass is 16.5. The molecule has 1 aliphatic heterocycles. The molecule has 3 atom stereocenters. The number of hydrogen-bond donors (Lipinski definition) is 2. The summed E-state index contributed by atoms with van der Waals surface area (Å²) < 4.78 is 10.2. The van der Waals surface area contributed by atoms with Gasteiger partial charge in [-0.3, -0.25) is 19.4 Å². The van der Waals surface area contributed by atoms with Crippen LogP contribution >= 0.6 is 0 Å². The molecular formula is C28H32N2O9. The maximum absolute atomic E-state index is 13.6. The zero-order valence-electron chi connectivity index (χ0n) is 22.0. The Morgan fingerprint density at radius 1 is 0.821 bits per heavy atom. The van der Waals surface area contributed by atoms with E-state index in [4.69, 9.17) is 9.47 Å². The smallest absolute Gasteiger partial charge is 0.339 e. The highest BCUT2D eigenvalue weighted by Crippen LogP contribution is 2.36. The van der Waals surface area contributed by atoms with E-state index < -0.39 is 60.6 Å². The first-order chi connectivity index (χ1) is 18.6. The molecule has 11 nitrogen and oxygen atoms in total. The van der Waals surface area contributed by atoms with Gasteiger partial charge in [0.25, 0.3) is 11.8 Å². The van der Waals surface area contributed by atoms with Gasteiger partial charge in [-0.25, -0.2) is 14.4 Å². The fourth-order valence-electron chi connectivity index (χ4n) is 4.32. The van der Waals surface area contributed by atoms with Crippen molar-refractivity contribution in [2.45, 2.75) is 44.3 Å². The van der Waals surface area contributed by atoms with E-state index in [2.05, 4.69) is 0 Å². The highest BCUT2D eigenvalue weighted by molar-refractivity contribution is 6.22. The Morgan fingerprint density at radius 3 is 1.85 bits per heavy atom. The summed E-state index contributed by atoms with van der Waals surface area (Å²) >= 11 is 0. The predicted octanol–water partition coefficient (Wildman–Crippen LogP) is 1.90. The number of nitrogens with zero attached hydrogens (tertiary/aromatic N) is 2. The number of benzene rings is 2.